The van der Waals surface area contributed by atoms with Gasteiger partial charge in [-0.3, -0.25) is 4.79 Å². The molecule has 2 aromatic rings. The SMILES string of the molecule is CC(C)CC(CNCc1cnn(-c2ccccc2)c1)C(=O)O. The van der Waals surface area contributed by atoms with Gasteiger partial charge in [0.15, 0.2) is 0 Å². The third-order valence-electron chi connectivity index (χ3n) is 3.48. The van der Waals surface area contributed by atoms with Gasteiger partial charge in [0, 0.05) is 24.8 Å². The molecule has 0 bridgehead atoms. The first kappa shape index (κ1) is 16.2. The summed E-state index contributed by atoms with van der Waals surface area (Å²) in [5.41, 5.74) is 2.05. The molecule has 0 aliphatic rings. The number of aromatic nitrogens is 2. The number of nitrogens with zero attached hydrogens (tertiary/aromatic N) is 2. The summed E-state index contributed by atoms with van der Waals surface area (Å²) in [4.78, 5) is 11.2. The molecule has 118 valence electrons. The van der Waals surface area contributed by atoms with Crippen molar-refractivity contribution in [3.63, 3.8) is 0 Å². The zero-order chi connectivity index (χ0) is 15.9. The highest BCUT2D eigenvalue weighted by Crippen LogP contribution is 2.12. The number of aliphatic carboxylic acids is 1. The molecule has 0 aliphatic heterocycles. The Bertz CT molecular complexity index is 593. The highest BCUT2D eigenvalue weighted by molar-refractivity contribution is 5.70. The van der Waals surface area contributed by atoms with Crippen LogP contribution in [0, 0.1) is 11.8 Å². The molecule has 1 aromatic heterocycles. The van der Waals surface area contributed by atoms with Gasteiger partial charge in [0.2, 0.25) is 0 Å². The molecule has 22 heavy (non-hydrogen) atoms. The number of rotatable bonds is 8. The minimum absolute atomic E-state index is 0.343. The Morgan fingerprint density at radius 1 is 1.32 bits per heavy atom. The highest BCUT2D eigenvalue weighted by Gasteiger charge is 2.18. The second-order valence-corrected chi connectivity index (χ2v) is 5.92. The van der Waals surface area contributed by atoms with Crippen LogP contribution in [0.5, 0.6) is 0 Å². The number of para-hydroxylation sites is 1. The Labute approximate surface area is 131 Å². The van der Waals surface area contributed by atoms with Gasteiger partial charge in [-0.2, -0.15) is 5.10 Å². The van der Waals surface area contributed by atoms with Crippen LogP contribution >= 0.6 is 0 Å². The van der Waals surface area contributed by atoms with Crippen molar-refractivity contribution in [2.24, 2.45) is 11.8 Å². The number of nitrogens with one attached hydrogen (secondary N) is 1. The summed E-state index contributed by atoms with van der Waals surface area (Å²) in [5, 5.41) is 16.8. The average Bonchev–Trinajstić information content (AvgIpc) is 2.95. The van der Waals surface area contributed by atoms with E-state index in [1.807, 2.05) is 55.1 Å². The quantitative estimate of drug-likeness (QED) is 0.786. The Balaban J connectivity index is 1.87. The maximum Gasteiger partial charge on any atom is 0.307 e. The third-order valence-corrected chi connectivity index (χ3v) is 3.48. The molecule has 2 rings (SSSR count). The van der Waals surface area contributed by atoms with E-state index in [1.54, 1.807) is 6.20 Å². The number of carbonyl (C=O) groups is 1. The fourth-order valence-electron chi connectivity index (χ4n) is 2.40. The van der Waals surface area contributed by atoms with Crippen LogP contribution in [0.3, 0.4) is 0 Å². The van der Waals surface area contributed by atoms with Gasteiger partial charge in [-0.1, -0.05) is 32.0 Å². The molecule has 0 spiro atoms. The lowest BCUT2D eigenvalue weighted by molar-refractivity contribution is -0.142. The van der Waals surface area contributed by atoms with Gasteiger partial charge in [0.25, 0.3) is 0 Å². The maximum absolute atomic E-state index is 11.2. The van der Waals surface area contributed by atoms with Crippen molar-refractivity contribution in [1.82, 2.24) is 15.1 Å². The molecule has 2 N–H and O–H groups in total. The Morgan fingerprint density at radius 2 is 2.05 bits per heavy atom. The summed E-state index contributed by atoms with van der Waals surface area (Å²) in [5.74, 6) is -0.700. The zero-order valence-corrected chi connectivity index (χ0v) is 13.1. The maximum atomic E-state index is 11.2. The molecule has 1 aromatic carbocycles. The molecule has 0 saturated heterocycles. The molecule has 0 aliphatic carbocycles. The molecule has 0 radical (unpaired) electrons. The molecule has 5 heteroatoms. The summed E-state index contributed by atoms with van der Waals surface area (Å²) < 4.78 is 1.82. The van der Waals surface area contributed by atoms with Crippen LogP contribution in [0.1, 0.15) is 25.8 Å². The fourth-order valence-corrected chi connectivity index (χ4v) is 2.40. The minimum atomic E-state index is -0.735. The average molecular weight is 301 g/mol. The summed E-state index contributed by atoms with van der Waals surface area (Å²) in [6, 6.07) is 9.90. The van der Waals surface area contributed by atoms with Crippen molar-refractivity contribution in [3.05, 3.63) is 48.3 Å². The fraction of sp³-hybridized carbons (Fsp3) is 0.412. The molecule has 0 saturated carbocycles. The Kier molecular flexibility index (Phi) is 5.72. The molecule has 1 atom stereocenters. The van der Waals surface area contributed by atoms with Crippen LogP contribution in [0.25, 0.3) is 5.69 Å². The van der Waals surface area contributed by atoms with Gasteiger partial charge in [0.05, 0.1) is 17.8 Å². The molecule has 0 fully saturated rings. The van der Waals surface area contributed by atoms with Crippen molar-refractivity contribution in [3.8, 4) is 5.69 Å². The van der Waals surface area contributed by atoms with E-state index in [0.717, 1.165) is 11.3 Å². The topological polar surface area (TPSA) is 67.2 Å². The number of carboxylic acid groups (broad SMARTS) is 1. The highest BCUT2D eigenvalue weighted by atomic mass is 16.4. The van der Waals surface area contributed by atoms with E-state index in [4.69, 9.17) is 0 Å². The molecule has 0 amide bonds. The predicted octanol–water partition coefficient (Wildman–Crippen LogP) is 2.71. The summed E-state index contributed by atoms with van der Waals surface area (Å²) in [7, 11) is 0. The minimum Gasteiger partial charge on any atom is -0.481 e. The van der Waals surface area contributed by atoms with Gasteiger partial charge in [0.1, 0.15) is 0 Å². The summed E-state index contributed by atoms with van der Waals surface area (Å²) >= 11 is 0. The van der Waals surface area contributed by atoms with E-state index in [-0.39, 0.29) is 5.92 Å². The van der Waals surface area contributed by atoms with Crippen molar-refractivity contribution in [1.29, 1.82) is 0 Å². The summed E-state index contributed by atoms with van der Waals surface area (Å²) in [6.07, 6.45) is 4.45. The number of benzene rings is 1. The van der Waals surface area contributed by atoms with Crippen molar-refractivity contribution in [2.45, 2.75) is 26.8 Å². The number of hydrogen-bond acceptors (Lipinski definition) is 3. The second kappa shape index (κ2) is 7.75. The van der Waals surface area contributed by atoms with Crippen molar-refractivity contribution in [2.75, 3.05) is 6.54 Å². The molecule has 1 unspecified atom stereocenters. The van der Waals surface area contributed by atoms with E-state index in [0.29, 0.717) is 25.4 Å². The third kappa shape index (κ3) is 4.70. The Morgan fingerprint density at radius 3 is 2.68 bits per heavy atom. The van der Waals surface area contributed by atoms with Gasteiger partial charge >= 0.3 is 5.97 Å². The first-order valence-corrected chi connectivity index (χ1v) is 7.58. The van der Waals surface area contributed by atoms with E-state index >= 15 is 0 Å². The van der Waals surface area contributed by atoms with Crippen LogP contribution in [0.4, 0.5) is 0 Å². The normalized spacial score (nSPS) is 12.5. The molecular weight excluding hydrogens is 278 g/mol. The van der Waals surface area contributed by atoms with Crippen molar-refractivity contribution >= 4 is 5.97 Å². The summed E-state index contributed by atoms with van der Waals surface area (Å²) in [6.45, 7) is 5.18. The van der Waals surface area contributed by atoms with Crippen molar-refractivity contribution < 1.29 is 9.90 Å². The zero-order valence-electron chi connectivity index (χ0n) is 13.1. The predicted molar refractivity (Wildman–Crippen MR) is 85.9 cm³/mol. The van der Waals surface area contributed by atoms with E-state index in [1.165, 1.54) is 0 Å². The number of hydrogen-bond donors (Lipinski definition) is 2. The van der Waals surface area contributed by atoms with Gasteiger partial charge in [-0.15, -0.1) is 0 Å². The Hall–Kier alpha value is -2.14. The van der Waals surface area contributed by atoms with E-state index < -0.39 is 5.97 Å². The standard InChI is InChI=1S/C17H23N3O2/c1-13(2)8-15(17(21)22)11-18-9-14-10-19-20(12-14)16-6-4-3-5-7-16/h3-7,10,12-13,15,18H,8-9,11H2,1-2H3,(H,21,22). The number of carboxylic acids is 1. The van der Waals surface area contributed by atoms with Crippen LogP contribution in [-0.4, -0.2) is 27.4 Å². The molecular formula is C17H23N3O2. The van der Waals surface area contributed by atoms with E-state index in [2.05, 4.69) is 10.4 Å². The van der Waals surface area contributed by atoms with Crippen LogP contribution in [0.15, 0.2) is 42.7 Å². The smallest absolute Gasteiger partial charge is 0.307 e. The van der Waals surface area contributed by atoms with Crippen LogP contribution in [-0.2, 0) is 11.3 Å². The molecule has 1 heterocycles. The first-order chi connectivity index (χ1) is 10.6. The van der Waals surface area contributed by atoms with Crippen LogP contribution in [0.2, 0.25) is 0 Å². The lowest BCUT2D eigenvalue weighted by atomic mass is 9.97. The largest absolute Gasteiger partial charge is 0.481 e. The van der Waals surface area contributed by atoms with Crippen LogP contribution < -0.4 is 5.32 Å². The lowest BCUT2D eigenvalue weighted by Crippen LogP contribution is -2.29. The van der Waals surface area contributed by atoms with Gasteiger partial charge in [-0.25, -0.2) is 4.68 Å². The molecule has 5 nitrogen and oxygen atoms in total. The van der Waals surface area contributed by atoms with Gasteiger partial charge < -0.3 is 10.4 Å². The van der Waals surface area contributed by atoms with Gasteiger partial charge in [-0.05, 0) is 24.5 Å². The monoisotopic (exact) mass is 301 g/mol. The lowest BCUT2D eigenvalue weighted by Gasteiger charge is -2.15. The first-order valence-electron chi connectivity index (χ1n) is 7.58. The second-order valence-electron chi connectivity index (χ2n) is 5.92. The van der Waals surface area contributed by atoms with E-state index in [9.17, 15) is 9.90 Å².